The molecule has 1 aliphatic heterocycles. The van der Waals surface area contributed by atoms with Crippen molar-refractivity contribution in [3.63, 3.8) is 0 Å². The summed E-state index contributed by atoms with van der Waals surface area (Å²) in [6.07, 6.45) is -0.224. The van der Waals surface area contributed by atoms with E-state index in [-0.39, 0.29) is 23.6 Å². The van der Waals surface area contributed by atoms with Crippen LogP contribution in [-0.4, -0.2) is 42.6 Å². The van der Waals surface area contributed by atoms with Crippen molar-refractivity contribution < 1.29 is 23.5 Å². The van der Waals surface area contributed by atoms with E-state index in [1.54, 1.807) is 38.1 Å². The molecule has 1 atom stereocenters. The molecule has 32 heavy (non-hydrogen) atoms. The molecule has 1 saturated heterocycles. The third-order valence-corrected chi connectivity index (χ3v) is 5.48. The lowest BCUT2D eigenvalue weighted by Crippen LogP contribution is -2.39. The van der Waals surface area contributed by atoms with Crippen LogP contribution in [0.1, 0.15) is 48.7 Å². The largest absolute Gasteiger partial charge is 0.509 e. The van der Waals surface area contributed by atoms with Crippen molar-refractivity contribution in [3.05, 3.63) is 76.9 Å². The second-order valence-electron chi connectivity index (χ2n) is 8.17. The number of ketones is 1. The summed E-state index contributed by atoms with van der Waals surface area (Å²) >= 11 is 0. The summed E-state index contributed by atoms with van der Waals surface area (Å²) in [5.74, 6) is -0.435. The van der Waals surface area contributed by atoms with Gasteiger partial charge in [0.1, 0.15) is 11.9 Å². The number of likely N-dealkylation sites (tertiary alicyclic amines) is 1. The third kappa shape index (κ3) is 6.38. The van der Waals surface area contributed by atoms with Gasteiger partial charge in [0.05, 0.1) is 12.7 Å². The molecule has 0 amide bonds. The lowest BCUT2D eigenvalue weighted by Gasteiger charge is -2.33. The van der Waals surface area contributed by atoms with Crippen LogP contribution < -0.4 is 0 Å². The fraction of sp³-hybridized carbons (Fsp3) is 0.400. The zero-order valence-corrected chi connectivity index (χ0v) is 18.3. The highest BCUT2D eigenvalue weighted by Gasteiger charge is 2.29. The predicted octanol–water partition coefficient (Wildman–Crippen LogP) is 5.57. The molecule has 1 aliphatic rings. The van der Waals surface area contributed by atoms with Gasteiger partial charge in [0.2, 0.25) is 0 Å². The Morgan fingerprint density at radius 1 is 1.06 bits per heavy atom. The van der Waals surface area contributed by atoms with Crippen LogP contribution >= 0.6 is 0 Å². The molecule has 2 aromatic rings. The number of rotatable bonds is 7. The number of halogens is 1. The van der Waals surface area contributed by atoms with E-state index in [0.29, 0.717) is 43.7 Å². The Labute approximate surface area is 187 Å². The minimum absolute atomic E-state index is 0.0349. The first-order valence-electron chi connectivity index (χ1n) is 10.7. The van der Waals surface area contributed by atoms with Crippen molar-refractivity contribution in [1.29, 1.82) is 0 Å². The van der Waals surface area contributed by atoms with Crippen molar-refractivity contribution in [3.8, 4) is 0 Å². The summed E-state index contributed by atoms with van der Waals surface area (Å²) in [5, 5.41) is 0. The Hall–Kier alpha value is -3.24. The molecule has 1 unspecified atom stereocenters. The van der Waals surface area contributed by atoms with Crippen LogP contribution in [0.4, 0.5) is 14.9 Å². The highest BCUT2D eigenvalue weighted by Crippen LogP contribution is 2.27. The highest BCUT2D eigenvalue weighted by molar-refractivity contribution is 5.97. The average molecular weight is 438 g/mol. The molecular weight excluding hydrogens is 411 g/mol. The van der Waals surface area contributed by atoms with E-state index in [2.05, 4.69) is 9.74 Å². The van der Waals surface area contributed by atoms with E-state index in [9.17, 15) is 14.0 Å². The Morgan fingerprint density at radius 3 is 2.25 bits per heavy atom. The Morgan fingerprint density at radius 2 is 1.69 bits per heavy atom. The highest BCUT2D eigenvalue weighted by atomic mass is 19.1. The summed E-state index contributed by atoms with van der Waals surface area (Å²) < 4.78 is 23.9. The summed E-state index contributed by atoms with van der Waals surface area (Å²) in [6.45, 7) is 12.4. The SMILES string of the molecule is [C-]#[N+]c1ccc(C(CN2CCC(C(=O)c3ccc(F)cc3)CC2)OC(=O)OC(C)C)cc1. The smallest absolute Gasteiger partial charge is 0.432 e. The second-order valence-corrected chi connectivity index (χ2v) is 8.17. The molecule has 0 spiro atoms. The van der Waals surface area contributed by atoms with Crippen molar-refractivity contribution in [1.82, 2.24) is 4.90 Å². The number of carbonyl (C=O) groups is 2. The maximum absolute atomic E-state index is 13.1. The maximum Gasteiger partial charge on any atom is 0.509 e. The number of ether oxygens (including phenoxy) is 2. The summed E-state index contributed by atoms with van der Waals surface area (Å²) in [6, 6.07) is 12.6. The van der Waals surface area contributed by atoms with Gasteiger partial charge < -0.3 is 9.47 Å². The van der Waals surface area contributed by atoms with E-state index in [0.717, 1.165) is 5.56 Å². The van der Waals surface area contributed by atoms with E-state index in [4.69, 9.17) is 16.0 Å². The lowest BCUT2D eigenvalue weighted by atomic mass is 9.88. The molecule has 0 bridgehead atoms. The molecule has 6 nitrogen and oxygen atoms in total. The Bertz CT molecular complexity index is 959. The van der Waals surface area contributed by atoms with Gasteiger partial charge in [-0.3, -0.25) is 9.69 Å². The van der Waals surface area contributed by atoms with Gasteiger partial charge in [0.25, 0.3) is 0 Å². The molecule has 0 aliphatic carbocycles. The van der Waals surface area contributed by atoms with Gasteiger partial charge in [-0.1, -0.05) is 24.3 Å². The van der Waals surface area contributed by atoms with Crippen LogP contribution in [0.2, 0.25) is 0 Å². The molecule has 7 heteroatoms. The fourth-order valence-electron chi connectivity index (χ4n) is 3.77. The molecule has 3 rings (SSSR count). The number of hydrogen-bond acceptors (Lipinski definition) is 5. The van der Waals surface area contributed by atoms with Crippen molar-refractivity contribution in [2.45, 2.75) is 38.9 Å². The van der Waals surface area contributed by atoms with Gasteiger partial charge in [-0.15, -0.1) is 0 Å². The van der Waals surface area contributed by atoms with Gasteiger partial charge in [-0.2, -0.15) is 0 Å². The molecule has 1 heterocycles. The molecule has 1 fully saturated rings. The monoisotopic (exact) mass is 438 g/mol. The first-order chi connectivity index (χ1) is 15.4. The normalized spacial score (nSPS) is 15.7. The van der Waals surface area contributed by atoms with Crippen molar-refractivity contribution in [2.24, 2.45) is 5.92 Å². The number of carbonyl (C=O) groups excluding carboxylic acids is 2. The summed E-state index contributed by atoms with van der Waals surface area (Å²) in [7, 11) is 0. The number of nitrogens with zero attached hydrogens (tertiary/aromatic N) is 2. The molecule has 168 valence electrons. The van der Waals surface area contributed by atoms with Crippen molar-refractivity contribution in [2.75, 3.05) is 19.6 Å². The molecule has 2 aromatic carbocycles. The van der Waals surface area contributed by atoms with Crippen LogP contribution in [0, 0.1) is 18.3 Å². The molecular formula is C25H27FN2O4. The van der Waals surface area contributed by atoms with Crippen LogP contribution in [0.15, 0.2) is 48.5 Å². The summed E-state index contributed by atoms with van der Waals surface area (Å²) in [4.78, 5) is 30.4. The first-order valence-corrected chi connectivity index (χ1v) is 10.7. The van der Waals surface area contributed by atoms with E-state index in [1.165, 1.54) is 24.3 Å². The molecule has 0 N–H and O–H groups in total. The molecule has 0 radical (unpaired) electrons. The lowest BCUT2D eigenvalue weighted by molar-refractivity contribution is -0.00710. The van der Waals surface area contributed by atoms with Gasteiger partial charge in [-0.25, -0.2) is 14.0 Å². The maximum atomic E-state index is 13.1. The zero-order chi connectivity index (χ0) is 23.1. The zero-order valence-electron chi connectivity index (χ0n) is 18.3. The van der Waals surface area contributed by atoms with Gasteiger partial charge >= 0.3 is 6.16 Å². The minimum Gasteiger partial charge on any atom is -0.432 e. The van der Waals surface area contributed by atoms with Gasteiger partial charge in [-0.05, 0) is 69.6 Å². The number of hydrogen-bond donors (Lipinski definition) is 0. The van der Waals surface area contributed by atoms with E-state index >= 15 is 0 Å². The predicted molar refractivity (Wildman–Crippen MR) is 118 cm³/mol. The van der Waals surface area contributed by atoms with E-state index in [1.807, 2.05) is 0 Å². The van der Waals surface area contributed by atoms with Gasteiger partial charge in [0, 0.05) is 18.0 Å². The van der Waals surface area contributed by atoms with Crippen LogP contribution in [0.5, 0.6) is 0 Å². The second kappa shape index (κ2) is 10.9. The van der Waals surface area contributed by atoms with E-state index < -0.39 is 12.3 Å². The minimum atomic E-state index is -0.736. The molecule has 0 aromatic heterocycles. The van der Waals surface area contributed by atoms with Crippen LogP contribution in [-0.2, 0) is 9.47 Å². The van der Waals surface area contributed by atoms with Crippen LogP contribution in [0.3, 0.4) is 0 Å². The Balaban J connectivity index is 1.63. The third-order valence-electron chi connectivity index (χ3n) is 5.48. The van der Waals surface area contributed by atoms with Crippen molar-refractivity contribution >= 4 is 17.6 Å². The first kappa shape index (κ1) is 23.4. The summed E-state index contributed by atoms with van der Waals surface area (Å²) in [5.41, 5.74) is 1.82. The Kier molecular flexibility index (Phi) is 7.96. The number of Topliss-reactive ketones (excluding diaryl/α,β-unsaturated/α-hetero) is 1. The van der Waals surface area contributed by atoms with Gasteiger partial charge in [0.15, 0.2) is 11.5 Å². The molecule has 0 saturated carbocycles. The number of benzene rings is 2. The fourth-order valence-corrected chi connectivity index (χ4v) is 3.77. The number of piperidine rings is 1. The standard InChI is InChI=1S/C25H27FN2O4/c1-17(2)31-25(30)32-23(18-6-10-22(27-3)11-7-18)16-28-14-12-20(13-15-28)24(29)19-4-8-21(26)9-5-19/h4-11,17,20,23H,12-16H2,1-2H3. The van der Waals surface area contributed by atoms with Crippen LogP contribution in [0.25, 0.3) is 4.85 Å². The average Bonchev–Trinajstić information content (AvgIpc) is 2.79. The quantitative estimate of drug-likeness (QED) is 0.321. The topological polar surface area (TPSA) is 60.2 Å².